The Morgan fingerprint density at radius 3 is 1.88 bits per heavy atom. The molecule has 0 saturated heterocycles. The zero-order valence-corrected chi connectivity index (χ0v) is 10.4. The van der Waals surface area contributed by atoms with Crippen molar-refractivity contribution >= 4 is 5.97 Å². The van der Waals surface area contributed by atoms with Crippen LogP contribution in [0.25, 0.3) is 0 Å². The van der Waals surface area contributed by atoms with Gasteiger partial charge in [0.2, 0.25) is 5.75 Å². The number of carbonyl (C=O) groups is 1. The molecule has 0 aliphatic heterocycles. The van der Waals surface area contributed by atoms with Crippen LogP contribution in [0.2, 0.25) is 0 Å². The fourth-order valence-corrected chi connectivity index (χ4v) is 1.41. The number of carboxylic acids is 1. The van der Waals surface area contributed by atoms with Crippen LogP contribution < -0.4 is 33.1 Å². The van der Waals surface area contributed by atoms with Crippen LogP contribution in [0.15, 0.2) is 12.1 Å². The quantitative estimate of drug-likeness (QED) is 0.617. The van der Waals surface area contributed by atoms with Crippen molar-refractivity contribution in [1.82, 2.24) is 0 Å². The molecule has 0 unspecified atom stereocenters. The molecule has 0 heterocycles. The van der Waals surface area contributed by atoms with Crippen LogP contribution in [0, 0.1) is 0 Å². The van der Waals surface area contributed by atoms with E-state index in [0.29, 0.717) is 22.8 Å². The molecule has 0 bridgehead atoms. The number of aliphatic carboxylic acids is 1. The number of hydrogen-bond acceptors (Lipinski definition) is 4. The van der Waals surface area contributed by atoms with Crippen LogP contribution in [0.1, 0.15) is 5.56 Å². The number of ether oxygens (including phenoxy) is 3. The van der Waals surface area contributed by atoms with Gasteiger partial charge in [-0.25, -0.2) is 0 Å². The second kappa shape index (κ2) is 7.10. The first-order valence-corrected chi connectivity index (χ1v) is 4.63. The van der Waals surface area contributed by atoms with Gasteiger partial charge in [-0.3, -0.25) is 4.79 Å². The molecule has 6 heteroatoms. The maximum absolute atomic E-state index is 10.6. The predicted molar refractivity (Wildman–Crippen MR) is 57.4 cm³/mol. The Morgan fingerprint density at radius 2 is 1.59 bits per heavy atom. The third-order valence-corrected chi connectivity index (χ3v) is 2.08. The van der Waals surface area contributed by atoms with E-state index >= 15 is 0 Å². The van der Waals surface area contributed by atoms with Gasteiger partial charge in [-0.1, -0.05) is 0 Å². The number of benzene rings is 1. The minimum absolute atomic E-state index is 0. The fourth-order valence-electron chi connectivity index (χ4n) is 1.41. The van der Waals surface area contributed by atoms with Gasteiger partial charge >= 0.3 is 24.8 Å². The maximum Gasteiger partial charge on any atom is 1.00 e. The van der Waals surface area contributed by atoms with Crippen molar-refractivity contribution in [2.45, 2.75) is 6.42 Å². The molecule has 0 fully saturated rings. The topological polar surface area (TPSA) is 65.0 Å². The summed E-state index contributed by atoms with van der Waals surface area (Å²) >= 11 is 0. The molecule has 17 heavy (non-hydrogen) atoms. The molecular formula is C11H14LiO5+. The summed E-state index contributed by atoms with van der Waals surface area (Å²) in [5.74, 6) is 0.463. The summed E-state index contributed by atoms with van der Waals surface area (Å²) in [6.07, 6.45) is -0.0866. The van der Waals surface area contributed by atoms with Crippen molar-refractivity contribution < 1.29 is 43.0 Å². The Morgan fingerprint density at radius 1 is 1.12 bits per heavy atom. The average molecular weight is 233 g/mol. The fraction of sp³-hybridized carbons (Fsp3) is 0.364. The first kappa shape index (κ1) is 15.7. The first-order valence-electron chi connectivity index (χ1n) is 4.63. The van der Waals surface area contributed by atoms with Gasteiger partial charge < -0.3 is 19.3 Å². The van der Waals surface area contributed by atoms with Crippen LogP contribution in [0.5, 0.6) is 17.2 Å². The molecule has 1 N–H and O–H groups in total. The van der Waals surface area contributed by atoms with E-state index in [1.165, 1.54) is 21.3 Å². The van der Waals surface area contributed by atoms with Gasteiger partial charge in [0.15, 0.2) is 11.5 Å². The Balaban J connectivity index is 0.00000256. The number of hydrogen-bond donors (Lipinski definition) is 1. The van der Waals surface area contributed by atoms with Gasteiger partial charge in [-0.05, 0) is 17.7 Å². The zero-order chi connectivity index (χ0) is 12.1. The van der Waals surface area contributed by atoms with Gasteiger partial charge in [-0.2, -0.15) is 0 Å². The molecule has 0 spiro atoms. The summed E-state index contributed by atoms with van der Waals surface area (Å²) in [6.45, 7) is 0. The Bertz CT molecular complexity index is 366. The van der Waals surface area contributed by atoms with Gasteiger partial charge in [0, 0.05) is 0 Å². The Hall–Kier alpha value is -1.31. The molecule has 0 aromatic heterocycles. The standard InChI is InChI=1S/C11H14O5.Li/c1-14-8-4-7(6-10(12)13)5-9(15-2)11(8)16-3;/h4-5H,6H2,1-3H3,(H,12,13);/q;+1. The van der Waals surface area contributed by atoms with Crippen LogP contribution >= 0.6 is 0 Å². The monoisotopic (exact) mass is 233 g/mol. The third kappa shape index (κ3) is 3.88. The van der Waals surface area contributed by atoms with E-state index in [2.05, 4.69) is 0 Å². The molecule has 0 radical (unpaired) electrons. The molecular weight excluding hydrogens is 219 g/mol. The SMILES string of the molecule is COc1cc(CC(=O)O)cc(OC)c1OC.[Li+]. The number of rotatable bonds is 5. The first-order chi connectivity index (χ1) is 7.62. The van der Waals surface area contributed by atoms with E-state index in [4.69, 9.17) is 19.3 Å². The number of methoxy groups -OCH3 is 3. The van der Waals surface area contributed by atoms with Gasteiger partial charge in [0.1, 0.15) is 0 Å². The smallest absolute Gasteiger partial charge is 0.493 e. The summed E-state index contributed by atoms with van der Waals surface area (Å²) in [5.41, 5.74) is 0.599. The second-order valence-corrected chi connectivity index (χ2v) is 3.10. The molecule has 0 aliphatic carbocycles. The molecule has 0 saturated carbocycles. The predicted octanol–water partition coefficient (Wildman–Crippen LogP) is -1.66. The van der Waals surface area contributed by atoms with Crippen molar-refractivity contribution in [1.29, 1.82) is 0 Å². The van der Waals surface area contributed by atoms with Gasteiger partial charge in [-0.15, -0.1) is 0 Å². The molecule has 1 aromatic carbocycles. The van der Waals surface area contributed by atoms with Crippen molar-refractivity contribution in [2.75, 3.05) is 21.3 Å². The van der Waals surface area contributed by atoms with E-state index in [1.807, 2.05) is 0 Å². The van der Waals surface area contributed by atoms with Gasteiger partial charge in [0.05, 0.1) is 27.8 Å². The third-order valence-electron chi connectivity index (χ3n) is 2.08. The molecule has 88 valence electrons. The minimum Gasteiger partial charge on any atom is -0.493 e. The van der Waals surface area contributed by atoms with E-state index in [-0.39, 0.29) is 25.3 Å². The van der Waals surface area contributed by atoms with Crippen molar-refractivity contribution in [3.63, 3.8) is 0 Å². The zero-order valence-electron chi connectivity index (χ0n) is 10.4. The average Bonchev–Trinajstić information content (AvgIpc) is 2.26. The Kier molecular flexibility index (Phi) is 6.55. The van der Waals surface area contributed by atoms with Crippen LogP contribution in [0.4, 0.5) is 0 Å². The second-order valence-electron chi connectivity index (χ2n) is 3.10. The molecule has 0 aliphatic rings. The summed E-state index contributed by atoms with van der Waals surface area (Å²) in [5, 5.41) is 8.71. The van der Waals surface area contributed by atoms with E-state index in [0.717, 1.165) is 0 Å². The number of carboxylic acid groups (broad SMARTS) is 1. The summed E-state index contributed by atoms with van der Waals surface area (Å²) in [4.78, 5) is 10.6. The van der Waals surface area contributed by atoms with Crippen LogP contribution in [-0.2, 0) is 11.2 Å². The minimum atomic E-state index is -0.908. The van der Waals surface area contributed by atoms with Crippen LogP contribution in [-0.4, -0.2) is 32.4 Å². The largest absolute Gasteiger partial charge is 1.00 e. The Labute approximate surface area is 112 Å². The molecule has 0 atom stereocenters. The van der Waals surface area contributed by atoms with Crippen molar-refractivity contribution in [3.05, 3.63) is 17.7 Å². The van der Waals surface area contributed by atoms with E-state index in [9.17, 15) is 4.79 Å². The van der Waals surface area contributed by atoms with Crippen molar-refractivity contribution in [2.24, 2.45) is 0 Å². The summed E-state index contributed by atoms with van der Waals surface area (Å²) in [7, 11) is 4.47. The molecule has 5 nitrogen and oxygen atoms in total. The maximum atomic E-state index is 10.6. The molecule has 1 aromatic rings. The van der Waals surface area contributed by atoms with Crippen LogP contribution in [0.3, 0.4) is 0 Å². The molecule has 0 amide bonds. The van der Waals surface area contributed by atoms with E-state index in [1.54, 1.807) is 12.1 Å². The van der Waals surface area contributed by atoms with Crippen molar-refractivity contribution in [3.8, 4) is 17.2 Å². The van der Waals surface area contributed by atoms with E-state index < -0.39 is 5.97 Å². The summed E-state index contributed by atoms with van der Waals surface area (Å²) < 4.78 is 15.3. The molecule has 1 rings (SSSR count). The normalized spacial score (nSPS) is 9.12. The van der Waals surface area contributed by atoms with Gasteiger partial charge in [0.25, 0.3) is 0 Å². The summed E-state index contributed by atoms with van der Waals surface area (Å²) in [6, 6.07) is 3.24.